The molecule has 0 saturated carbocycles. The summed E-state index contributed by atoms with van der Waals surface area (Å²) in [5.74, 6) is 0.461. The maximum Gasteiger partial charge on any atom is 0.343 e. The van der Waals surface area contributed by atoms with Crippen LogP contribution in [0.15, 0.2) is 4.79 Å². The molecule has 6 nitrogen and oxygen atoms in total. The average Bonchev–Trinajstić information content (AvgIpc) is 2.51. The summed E-state index contributed by atoms with van der Waals surface area (Å²) in [7, 11) is 0. The molecule has 0 aliphatic carbocycles. The Morgan fingerprint density at radius 3 is 3.19 bits per heavy atom. The van der Waals surface area contributed by atoms with Gasteiger partial charge in [-0.3, -0.25) is 9.36 Å². The molecule has 1 aromatic heterocycles. The van der Waals surface area contributed by atoms with Gasteiger partial charge in [0, 0.05) is 13.0 Å². The molecule has 1 aliphatic heterocycles. The van der Waals surface area contributed by atoms with Gasteiger partial charge < -0.3 is 4.74 Å². The van der Waals surface area contributed by atoms with E-state index in [0.717, 1.165) is 5.82 Å². The largest absolute Gasteiger partial charge is 0.466 e. The van der Waals surface area contributed by atoms with Crippen LogP contribution in [0.5, 0.6) is 0 Å². The van der Waals surface area contributed by atoms with Crippen molar-refractivity contribution in [2.24, 2.45) is 5.92 Å². The molecule has 88 valence electrons. The summed E-state index contributed by atoms with van der Waals surface area (Å²) in [6, 6.07) is 0. The topological polar surface area (TPSA) is 77.0 Å². The van der Waals surface area contributed by atoms with E-state index in [1.165, 1.54) is 0 Å². The first-order valence-corrected chi connectivity index (χ1v) is 5.53. The van der Waals surface area contributed by atoms with Gasteiger partial charge in [0.1, 0.15) is 5.82 Å². The van der Waals surface area contributed by atoms with Crippen LogP contribution in [-0.4, -0.2) is 27.3 Å². The maximum absolute atomic E-state index is 11.6. The summed E-state index contributed by atoms with van der Waals surface area (Å²) in [6.07, 6.45) is 1.98. The number of aromatic amines is 1. The molecule has 16 heavy (non-hydrogen) atoms. The lowest BCUT2D eigenvalue weighted by Crippen LogP contribution is -2.21. The average molecular weight is 225 g/mol. The Morgan fingerprint density at radius 2 is 2.44 bits per heavy atom. The minimum absolute atomic E-state index is 0.110. The van der Waals surface area contributed by atoms with Crippen molar-refractivity contribution in [1.29, 1.82) is 0 Å². The van der Waals surface area contributed by atoms with Gasteiger partial charge in [-0.25, -0.2) is 9.89 Å². The number of nitrogens with one attached hydrogen (secondary N) is 1. The van der Waals surface area contributed by atoms with Gasteiger partial charge in [0.05, 0.1) is 12.5 Å². The Hall–Kier alpha value is -1.59. The smallest absolute Gasteiger partial charge is 0.343 e. The number of rotatable bonds is 2. The van der Waals surface area contributed by atoms with E-state index < -0.39 is 0 Å². The molecule has 1 aromatic rings. The van der Waals surface area contributed by atoms with Crippen molar-refractivity contribution in [3.63, 3.8) is 0 Å². The van der Waals surface area contributed by atoms with Crippen LogP contribution in [0, 0.1) is 5.92 Å². The van der Waals surface area contributed by atoms with Crippen LogP contribution in [0.3, 0.4) is 0 Å². The van der Waals surface area contributed by atoms with Crippen molar-refractivity contribution in [3.05, 3.63) is 16.3 Å². The molecule has 0 spiro atoms. The predicted octanol–water partition coefficient (Wildman–Crippen LogP) is 0.0870. The third-order valence-corrected chi connectivity index (χ3v) is 2.87. The Balaban J connectivity index is 2.07. The van der Waals surface area contributed by atoms with Gasteiger partial charge in [0.15, 0.2) is 0 Å². The van der Waals surface area contributed by atoms with Crippen LogP contribution < -0.4 is 5.69 Å². The standard InChI is InChI=1S/C10H15N3O3/c1-2-16-9(14)7-3-4-8-11-12-10(15)13(8)6-5-7/h7H,2-6H2,1H3,(H,12,15). The summed E-state index contributed by atoms with van der Waals surface area (Å²) >= 11 is 0. The van der Waals surface area contributed by atoms with E-state index in [1.807, 2.05) is 0 Å². The first-order chi connectivity index (χ1) is 7.72. The number of carbonyl (C=O) groups excluding carboxylic acids is 1. The zero-order chi connectivity index (χ0) is 11.5. The fourth-order valence-electron chi connectivity index (χ4n) is 2.00. The molecular weight excluding hydrogens is 210 g/mol. The number of esters is 1. The summed E-state index contributed by atoms with van der Waals surface area (Å²) in [4.78, 5) is 22.9. The second-order valence-corrected chi connectivity index (χ2v) is 3.87. The molecule has 0 bridgehead atoms. The molecule has 1 N–H and O–H groups in total. The molecule has 0 aromatic carbocycles. The normalized spacial score (nSPS) is 19.9. The van der Waals surface area contributed by atoms with Gasteiger partial charge in [-0.1, -0.05) is 0 Å². The van der Waals surface area contributed by atoms with Gasteiger partial charge >= 0.3 is 11.7 Å². The highest BCUT2D eigenvalue weighted by Gasteiger charge is 2.24. The number of aromatic nitrogens is 3. The fraction of sp³-hybridized carbons (Fsp3) is 0.700. The summed E-state index contributed by atoms with van der Waals surface area (Å²) in [6.45, 7) is 2.74. The van der Waals surface area contributed by atoms with E-state index in [4.69, 9.17) is 4.74 Å². The van der Waals surface area contributed by atoms with E-state index in [2.05, 4.69) is 10.2 Å². The van der Waals surface area contributed by atoms with Crippen LogP contribution in [-0.2, 0) is 22.5 Å². The van der Waals surface area contributed by atoms with E-state index in [0.29, 0.717) is 32.4 Å². The molecule has 2 rings (SSSR count). The second-order valence-electron chi connectivity index (χ2n) is 3.87. The third-order valence-electron chi connectivity index (χ3n) is 2.87. The first kappa shape index (κ1) is 10.9. The van der Waals surface area contributed by atoms with Crippen molar-refractivity contribution in [2.75, 3.05) is 6.61 Å². The second kappa shape index (κ2) is 4.51. The molecule has 0 saturated heterocycles. The zero-order valence-electron chi connectivity index (χ0n) is 9.23. The highest BCUT2D eigenvalue weighted by Crippen LogP contribution is 2.18. The Bertz CT molecular complexity index is 435. The van der Waals surface area contributed by atoms with Crippen LogP contribution in [0.25, 0.3) is 0 Å². The van der Waals surface area contributed by atoms with E-state index in [9.17, 15) is 9.59 Å². The number of aryl methyl sites for hydroxylation is 1. The quantitative estimate of drug-likeness (QED) is 0.723. The highest BCUT2D eigenvalue weighted by molar-refractivity contribution is 5.72. The summed E-state index contributed by atoms with van der Waals surface area (Å²) in [5, 5.41) is 6.35. The summed E-state index contributed by atoms with van der Waals surface area (Å²) < 4.78 is 6.58. The van der Waals surface area contributed by atoms with E-state index in [-0.39, 0.29) is 17.6 Å². The van der Waals surface area contributed by atoms with Gasteiger partial charge in [-0.2, -0.15) is 5.10 Å². The monoisotopic (exact) mass is 225 g/mol. The molecule has 0 amide bonds. The minimum atomic E-state index is -0.195. The lowest BCUT2D eigenvalue weighted by molar-refractivity contribution is -0.148. The number of ether oxygens (including phenoxy) is 1. The number of hydrogen-bond donors (Lipinski definition) is 1. The maximum atomic E-state index is 11.6. The lowest BCUT2D eigenvalue weighted by atomic mass is 10.0. The van der Waals surface area contributed by atoms with Crippen LogP contribution >= 0.6 is 0 Å². The number of nitrogens with zero attached hydrogens (tertiary/aromatic N) is 2. The number of fused-ring (bicyclic) bond motifs is 1. The van der Waals surface area contributed by atoms with Crippen molar-refractivity contribution in [3.8, 4) is 0 Å². The molecule has 6 heteroatoms. The van der Waals surface area contributed by atoms with Crippen molar-refractivity contribution < 1.29 is 9.53 Å². The zero-order valence-corrected chi connectivity index (χ0v) is 9.23. The lowest BCUT2D eigenvalue weighted by Gasteiger charge is -2.11. The van der Waals surface area contributed by atoms with Gasteiger partial charge in [0.25, 0.3) is 0 Å². The Morgan fingerprint density at radius 1 is 1.62 bits per heavy atom. The molecule has 2 heterocycles. The van der Waals surface area contributed by atoms with Gasteiger partial charge in [-0.15, -0.1) is 0 Å². The van der Waals surface area contributed by atoms with E-state index >= 15 is 0 Å². The summed E-state index contributed by atoms with van der Waals surface area (Å²) in [5.41, 5.74) is -0.195. The first-order valence-electron chi connectivity index (χ1n) is 5.53. The van der Waals surface area contributed by atoms with Crippen LogP contribution in [0.4, 0.5) is 0 Å². The number of hydrogen-bond acceptors (Lipinski definition) is 4. The molecule has 1 atom stereocenters. The minimum Gasteiger partial charge on any atom is -0.466 e. The third kappa shape index (κ3) is 2.00. The van der Waals surface area contributed by atoms with Crippen molar-refractivity contribution in [1.82, 2.24) is 14.8 Å². The number of carbonyl (C=O) groups is 1. The number of H-pyrrole nitrogens is 1. The van der Waals surface area contributed by atoms with Crippen LogP contribution in [0.1, 0.15) is 25.6 Å². The molecule has 1 unspecified atom stereocenters. The molecule has 1 aliphatic rings. The van der Waals surface area contributed by atoms with E-state index in [1.54, 1.807) is 11.5 Å². The van der Waals surface area contributed by atoms with Gasteiger partial charge in [0.2, 0.25) is 0 Å². The predicted molar refractivity (Wildman–Crippen MR) is 55.9 cm³/mol. The fourth-order valence-corrected chi connectivity index (χ4v) is 2.00. The Kier molecular flexibility index (Phi) is 3.07. The van der Waals surface area contributed by atoms with Crippen LogP contribution in [0.2, 0.25) is 0 Å². The van der Waals surface area contributed by atoms with Crippen molar-refractivity contribution >= 4 is 5.97 Å². The molecule has 0 radical (unpaired) electrons. The molecule has 0 fully saturated rings. The van der Waals surface area contributed by atoms with Crippen molar-refractivity contribution in [2.45, 2.75) is 32.7 Å². The highest BCUT2D eigenvalue weighted by atomic mass is 16.5. The SMILES string of the molecule is CCOC(=O)C1CCc2n[nH]c(=O)n2CC1. The Labute approximate surface area is 92.6 Å². The molecular formula is C10H15N3O3. The van der Waals surface area contributed by atoms with Gasteiger partial charge in [-0.05, 0) is 19.8 Å².